The molecule has 0 saturated carbocycles. The highest BCUT2D eigenvalue weighted by Crippen LogP contribution is 2.21. The van der Waals surface area contributed by atoms with Crippen molar-refractivity contribution in [1.82, 2.24) is 0 Å². The van der Waals surface area contributed by atoms with Crippen LogP contribution in [0.3, 0.4) is 0 Å². The van der Waals surface area contributed by atoms with Crippen molar-refractivity contribution in [1.29, 1.82) is 0 Å². The van der Waals surface area contributed by atoms with Crippen LogP contribution in [0.5, 0.6) is 0 Å². The lowest BCUT2D eigenvalue weighted by atomic mass is 9.96. The van der Waals surface area contributed by atoms with Crippen LogP contribution in [-0.4, -0.2) is 0 Å². The van der Waals surface area contributed by atoms with E-state index in [1.54, 1.807) is 25.1 Å². The van der Waals surface area contributed by atoms with Crippen LogP contribution in [0.1, 0.15) is 28.3 Å². The fraction of sp³-hybridized carbons (Fsp3) is 0.250. The Morgan fingerprint density at radius 3 is 2.37 bits per heavy atom. The Kier molecular flexibility index (Phi) is 3.96. The van der Waals surface area contributed by atoms with Gasteiger partial charge in [-0.2, -0.15) is 0 Å². The van der Waals surface area contributed by atoms with Gasteiger partial charge >= 0.3 is 0 Å². The summed E-state index contributed by atoms with van der Waals surface area (Å²) in [7, 11) is 0. The third-order valence-corrected chi connectivity index (χ3v) is 3.35. The summed E-state index contributed by atoms with van der Waals surface area (Å²) in [6, 6.07) is 9.36. The number of aryl methyl sites for hydroxylation is 2. The molecule has 2 rings (SSSR count). The van der Waals surface area contributed by atoms with Gasteiger partial charge in [-0.15, -0.1) is 0 Å². The van der Waals surface area contributed by atoms with Gasteiger partial charge in [-0.1, -0.05) is 18.2 Å². The van der Waals surface area contributed by atoms with Crippen LogP contribution in [0.4, 0.5) is 8.78 Å². The molecule has 0 heterocycles. The lowest BCUT2D eigenvalue weighted by Gasteiger charge is -2.15. The van der Waals surface area contributed by atoms with Crippen LogP contribution in [-0.2, 0) is 6.42 Å². The molecule has 0 aliphatic carbocycles. The Bertz CT molecular complexity index is 593. The minimum absolute atomic E-state index is 0.219. The van der Waals surface area contributed by atoms with Crippen molar-refractivity contribution in [3.05, 3.63) is 70.3 Å². The molecule has 2 aromatic rings. The highest BCUT2D eigenvalue weighted by Gasteiger charge is 2.10. The number of nitrogens with two attached hydrogens (primary N) is 1. The summed E-state index contributed by atoms with van der Waals surface area (Å²) >= 11 is 0. The zero-order valence-electron chi connectivity index (χ0n) is 11.1. The molecule has 1 unspecified atom stereocenters. The summed E-state index contributed by atoms with van der Waals surface area (Å²) in [4.78, 5) is 0. The predicted octanol–water partition coefficient (Wildman–Crippen LogP) is 3.82. The first-order valence-corrected chi connectivity index (χ1v) is 6.24. The van der Waals surface area contributed by atoms with Crippen molar-refractivity contribution < 1.29 is 8.78 Å². The maximum atomic E-state index is 13.2. The number of hydrogen-bond donors (Lipinski definition) is 1. The predicted molar refractivity (Wildman–Crippen MR) is 72.9 cm³/mol. The summed E-state index contributed by atoms with van der Waals surface area (Å²) in [6.07, 6.45) is 0.608. The van der Waals surface area contributed by atoms with E-state index in [-0.39, 0.29) is 17.7 Å². The fourth-order valence-electron chi connectivity index (χ4n) is 2.14. The van der Waals surface area contributed by atoms with Gasteiger partial charge in [0.1, 0.15) is 11.6 Å². The highest BCUT2D eigenvalue weighted by molar-refractivity contribution is 5.31. The quantitative estimate of drug-likeness (QED) is 0.893. The van der Waals surface area contributed by atoms with Gasteiger partial charge in [0.05, 0.1) is 0 Å². The normalized spacial score (nSPS) is 12.5. The zero-order chi connectivity index (χ0) is 14.0. The topological polar surface area (TPSA) is 26.0 Å². The van der Waals surface area contributed by atoms with Gasteiger partial charge in [-0.05, 0) is 60.7 Å². The summed E-state index contributed by atoms with van der Waals surface area (Å²) in [5, 5.41) is 0. The third kappa shape index (κ3) is 3.18. The Morgan fingerprint density at radius 2 is 1.74 bits per heavy atom. The van der Waals surface area contributed by atoms with Gasteiger partial charge in [0, 0.05) is 6.04 Å². The number of halogens is 2. The van der Waals surface area contributed by atoms with Crippen LogP contribution in [0, 0.1) is 25.5 Å². The summed E-state index contributed by atoms with van der Waals surface area (Å²) in [5.41, 5.74) is 9.51. The number of rotatable bonds is 3. The van der Waals surface area contributed by atoms with E-state index in [4.69, 9.17) is 5.73 Å². The first kappa shape index (κ1) is 13.7. The molecule has 0 amide bonds. The van der Waals surface area contributed by atoms with Crippen LogP contribution >= 0.6 is 0 Å². The van der Waals surface area contributed by atoms with Crippen LogP contribution in [0.15, 0.2) is 36.4 Å². The molecule has 0 fully saturated rings. The van der Waals surface area contributed by atoms with Gasteiger partial charge < -0.3 is 5.73 Å². The molecule has 0 radical (unpaired) electrons. The smallest absolute Gasteiger partial charge is 0.126 e. The molecule has 0 saturated heterocycles. The van der Waals surface area contributed by atoms with Crippen molar-refractivity contribution in [3.63, 3.8) is 0 Å². The Hall–Kier alpha value is -1.74. The number of hydrogen-bond acceptors (Lipinski definition) is 1. The standard InChI is InChI=1S/C16H17F2N/c1-10-8-14(17)5-3-12(10)9-16(19)13-4-6-15(18)11(2)7-13/h3-8,16H,9,19H2,1-2H3. The van der Waals surface area contributed by atoms with E-state index in [2.05, 4.69) is 0 Å². The summed E-state index contributed by atoms with van der Waals surface area (Å²) < 4.78 is 26.2. The Balaban J connectivity index is 2.20. The minimum atomic E-state index is -0.243. The molecule has 0 aromatic heterocycles. The monoisotopic (exact) mass is 261 g/mol. The van der Waals surface area contributed by atoms with E-state index in [0.717, 1.165) is 16.7 Å². The first-order chi connectivity index (χ1) is 8.97. The lowest BCUT2D eigenvalue weighted by Crippen LogP contribution is -2.14. The molecule has 3 heteroatoms. The summed E-state index contributed by atoms with van der Waals surface area (Å²) in [5.74, 6) is -0.471. The maximum Gasteiger partial charge on any atom is 0.126 e. The molecular formula is C16H17F2N. The molecule has 0 spiro atoms. The molecule has 1 atom stereocenters. The maximum absolute atomic E-state index is 13.2. The average Bonchev–Trinajstić information content (AvgIpc) is 2.36. The van der Waals surface area contributed by atoms with Gasteiger partial charge in [0.2, 0.25) is 0 Å². The van der Waals surface area contributed by atoms with Gasteiger partial charge in [-0.25, -0.2) is 8.78 Å². The molecular weight excluding hydrogens is 244 g/mol. The van der Waals surface area contributed by atoms with Crippen molar-refractivity contribution in [2.24, 2.45) is 5.73 Å². The van der Waals surface area contributed by atoms with Crippen LogP contribution in [0.2, 0.25) is 0 Å². The van der Waals surface area contributed by atoms with E-state index in [1.165, 1.54) is 18.2 Å². The molecule has 0 aliphatic heterocycles. The molecule has 2 N–H and O–H groups in total. The highest BCUT2D eigenvalue weighted by atomic mass is 19.1. The molecule has 1 nitrogen and oxygen atoms in total. The molecule has 19 heavy (non-hydrogen) atoms. The molecule has 0 bridgehead atoms. The van der Waals surface area contributed by atoms with Gasteiger partial charge in [-0.3, -0.25) is 0 Å². The second kappa shape index (κ2) is 5.49. The van der Waals surface area contributed by atoms with Crippen molar-refractivity contribution >= 4 is 0 Å². The van der Waals surface area contributed by atoms with Crippen LogP contribution in [0.25, 0.3) is 0 Å². The third-order valence-electron chi connectivity index (χ3n) is 3.35. The fourth-order valence-corrected chi connectivity index (χ4v) is 2.14. The molecule has 100 valence electrons. The van der Waals surface area contributed by atoms with E-state index in [0.29, 0.717) is 12.0 Å². The van der Waals surface area contributed by atoms with Gasteiger partial charge in [0.15, 0.2) is 0 Å². The van der Waals surface area contributed by atoms with E-state index in [1.807, 2.05) is 6.92 Å². The van der Waals surface area contributed by atoms with Crippen molar-refractivity contribution in [3.8, 4) is 0 Å². The average molecular weight is 261 g/mol. The van der Waals surface area contributed by atoms with Crippen LogP contribution < -0.4 is 5.73 Å². The number of benzene rings is 2. The molecule has 2 aromatic carbocycles. The zero-order valence-corrected chi connectivity index (χ0v) is 11.1. The van der Waals surface area contributed by atoms with Gasteiger partial charge in [0.25, 0.3) is 0 Å². The largest absolute Gasteiger partial charge is 0.324 e. The van der Waals surface area contributed by atoms with E-state index < -0.39 is 0 Å². The molecule has 0 aliphatic rings. The Labute approximate surface area is 112 Å². The second-order valence-corrected chi connectivity index (χ2v) is 4.89. The summed E-state index contributed by atoms with van der Waals surface area (Å²) in [6.45, 7) is 3.58. The minimum Gasteiger partial charge on any atom is -0.324 e. The first-order valence-electron chi connectivity index (χ1n) is 6.24. The second-order valence-electron chi connectivity index (χ2n) is 4.89. The van der Waals surface area contributed by atoms with E-state index in [9.17, 15) is 8.78 Å². The SMILES string of the molecule is Cc1cc(C(N)Cc2ccc(F)cc2C)ccc1F. The van der Waals surface area contributed by atoms with Crippen molar-refractivity contribution in [2.45, 2.75) is 26.3 Å². The van der Waals surface area contributed by atoms with Crippen molar-refractivity contribution in [2.75, 3.05) is 0 Å². The Morgan fingerprint density at radius 1 is 1.00 bits per heavy atom. The lowest BCUT2D eigenvalue weighted by molar-refractivity contribution is 0.614. The van der Waals surface area contributed by atoms with E-state index >= 15 is 0 Å².